The molecule has 4 heteroatoms. The van der Waals surface area contributed by atoms with Gasteiger partial charge in [0.05, 0.1) is 6.61 Å². The Balaban J connectivity index is 2.15. The lowest BCUT2D eigenvalue weighted by molar-refractivity contribution is -0.144. The first-order valence-electron chi connectivity index (χ1n) is 6.42. The maximum absolute atomic E-state index is 11.8. The number of carbonyl (C=O) groups is 1. The predicted molar refractivity (Wildman–Crippen MR) is 75.2 cm³/mol. The second kappa shape index (κ2) is 5.00. The zero-order valence-corrected chi connectivity index (χ0v) is 12.3. The third-order valence-electron chi connectivity index (χ3n) is 3.19. The van der Waals surface area contributed by atoms with Gasteiger partial charge in [0, 0.05) is 16.4 Å². The number of thioether (sulfide) groups is 1. The Kier molecular flexibility index (Phi) is 3.76. The fraction of sp³-hybridized carbons (Fsp3) is 0.643. The molecule has 1 atom stereocenters. The van der Waals surface area contributed by atoms with Crippen LogP contribution in [0.4, 0.5) is 0 Å². The molecule has 0 saturated heterocycles. The van der Waals surface area contributed by atoms with Gasteiger partial charge in [0.2, 0.25) is 0 Å². The summed E-state index contributed by atoms with van der Waals surface area (Å²) >= 11 is 1.77. The van der Waals surface area contributed by atoms with Crippen molar-refractivity contribution in [3.8, 4) is 0 Å². The van der Waals surface area contributed by atoms with Crippen molar-refractivity contribution in [2.75, 3.05) is 12.4 Å². The molecule has 2 aliphatic rings. The normalized spacial score (nSPS) is 26.0. The molecular formula is C14H21NO2S. The quantitative estimate of drug-likeness (QED) is 0.781. The third kappa shape index (κ3) is 2.74. The molecule has 3 nitrogen and oxygen atoms in total. The van der Waals surface area contributed by atoms with Crippen LogP contribution in [0.15, 0.2) is 22.3 Å². The summed E-state index contributed by atoms with van der Waals surface area (Å²) in [5, 5.41) is 3.37. The van der Waals surface area contributed by atoms with Gasteiger partial charge in [-0.25, -0.2) is 4.79 Å². The van der Waals surface area contributed by atoms with Gasteiger partial charge in [-0.1, -0.05) is 19.9 Å². The first kappa shape index (κ1) is 13.5. The third-order valence-corrected chi connectivity index (χ3v) is 4.54. The van der Waals surface area contributed by atoms with Crippen LogP contribution in [0, 0.1) is 5.41 Å². The number of nitrogens with one attached hydrogen (secondary N) is 1. The summed E-state index contributed by atoms with van der Waals surface area (Å²) in [5.74, 6) is 0.616. The minimum atomic E-state index is -0.199. The van der Waals surface area contributed by atoms with Crippen molar-refractivity contribution in [3.05, 3.63) is 22.3 Å². The molecule has 1 N–H and O–H groups in total. The minimum Gasteiger partial charge on any atom is -0.464 e. The molecule has 0 radical (unpaired) electrons. The van der Waals surface area contributed by atoms with E-state index in [2.05, 4.69) is 32.2 Å². The van der Waals surface area contributed by atoms with Gasteiger partial charge in [0.1, 0.15) is 6.04 Å². The van der Waals surface area contributed by atoms with E-state index in [1.165, 1.54) is 16.2 Å². The van der Waals surface area contributed by atoms with Crippen LogP contribution in [0.3, 0.4) is 0 Å². The molecule has 0 aromatic rings. The Bertz CT molecular complexity index is 424. The number of carbonyl (C=O) groups excluding carboxylic acids is 1. The lowest BCUT2D eigenvalue weighted by atomic mass is 9.81. The van der Waals surface area contributed by atoms with Crippen LogP contribution in [0.25, 0.3) is 0 Å². The van der Waals surface area contributed by atoms with Gasteiger partial charge < -0.3 is 10.1 Å². The van der Waals surface area contributed by atoms with Crippen molar-refractivity contribution in [1.82, 2.24) is 5.32 Å². The largest absolute Gasteiger partial charge is 0.464 e. The molecule has 0 aromatic carbocycles. The van der Waals surface area contributed by atoms with E-state index in [0.717, 1.165) is 12.2 Å². The van der Waals surface area contributed by atoms with E-state index < -0.39 is 0 Å². The highest BCUT2D eigenvalue weighted by atomic mass is 32.2. The molecule has 18 heavy (non-hydrogen) atoms. The summed E-state index contributed by atoms with van der Waals surface area (Å²) in [7, 11) is 0. The standard InChI is InChI=1S/C14H21NO2S/c1-5-17-13(16)11-8-18-12-9(2)6-14(3,4)7-10(12)15-11/h6,11,15H,5,7-8H2,1-4H3. The number of rotatable bonds is 2. The average molecular weight is 267 g/mol. The van der Waals surface area contributed by atoms with Gasteiger partial charge >= 0.3 is 5.97 Å². The van der Waals surface area contributed by atoms with Crippen LogP contribution in [0.1, 0.15) is 34.1 Å². The minimum absolute atomic E-state index is 0.137. The van der Waals surface area contributed by atoms with Gasteiger partial charge in [-0.2, -0.15) is 0 Å². The van der Waals surface area contributed by atoms with E-state index in [1.54, 1.807) is 11.8 Å². The maximum Gasteiger partial charge on any atom is 0.329 e. The molecule has 0 spiro atoms. The lowest BCUT2D eigenvalue weighted by Crippen LogP contribution is -2.43. The van der Waals surface area contributed by atoms with E-state index in [-0.39, 0.29) is 17.4 Å². The van der Waals surface area contributed by atoms with Crippen molar-refractivity contribution >= 4 is 17.7 Å². The maximum atomic E-state index is 11.8. The molecule has 100 valence electrons. The zero-order chi connectivity index (χ0) is 13.3. The molecule has 1 aliphatic carbocycles. The number of hydrogen-bond donors (Lipinski definition) is 1. The highest BCUT2D eigenvalue weighted by Gasteiger charge is 2.33. The SMILES string of the molecule is CCOC(=O)C1CSC2=C(CC(C)(C)C=C2C)N1. The molecule has 0 bridgehead atoms. The van der Waals surface area contributed by atoms with Crippen LogP contribution in [-0.2, 0) is 9.53 Å². The van der Waals surface area contributed by atoms with Crippen molar-refractivity contribution in [3.63, 3.8) is 0 Å². The van der Waals surface area contributed by atoms with E-state index in [1.807, 2.05) is 6.92 Å². The predicted octanol–water partition coefficient (Wildman–Crippen LogP) is 2.84. The molecule has 0 amide bonds. The molecule has 2 rings (SSSR count). The van der Waals surface area contributed by atoms with Gasteiger partial charge in [0.25, 0.3) is 0 Å². The second-order valence-electron chi connectivity index (χ2n) is 5.56. The van der Waals surface area contributed by atoms with Crippen LogP contribution in [-0.4, -0.2) is 24.4 Å². The zero-order valence-electron chi connectivity index (χ0n) is 11.5. The molecule has 1 aliphatic heterocycles. The number of allylic oxidation sites excluding steroid dienone is 3. The molecule has 0 aromatic heterocycles. The Morgan fingerprint density at radius 1 is 1.61 bits per heavy atom. The van der Waals surface area contributed by atoms with Crippen LogP contribution < -0.4 is 5.32 Å². The summed E-state index contributed by atoms with van der Waals surface area (Å²) in [6.45, 7) is 8.88. The summed E-state index contributed by atoms with van der Waals surface area (Å²) in [4.78, 5) is 13.1. The second-order valence-corrected chi connectivity index (χ2v) is 6.59. The fourth-order valence-electron chi connectivity index (χ4n) is 2.58. The van der Waals surface area contributed by atoms with Crippen molar-refractivity contribution in [2.24, 2.45) is 5.41 Å². The first-order chi connectivity index (χ1) is 8.43. The number of ether oxygens (including phenoxy) is 1. The first-order valence-corrected chi connectivity index (χ1v) is 7.40. The van der Waals surface area contributed by atoms with Crippen LogP contribution >= 0.6 is 11.8 Å². The van der Waals surface area contributed by atoms with E-state index in [0.29, 0.717) is 6.61 Å². The molecule has 0 saturated carbocycles. The van der Waals surface area contributed by atoms with E-state index in [9.17, 15) is 4.79 Å². The van der Waals surface area contributed by atoms with Gasteiger partial charge in [-0.3, -0.25) is 0 Å². The molecule has 1 heterocycles. The topological polar surface area (TPSA) is 38.3 Å². The monoisotopic (exact) mass is 267 g/mol. The Labute approximate surface area is 113 Å². The van der Waals surface area contributed by atoms with Crippen molar-refractivity contribution < 1.29 is 9.53 Å². The van der Waals surface area contributed by atoms with Crippen LogP contribution in [0.5, 0.6) is 0 Å². The Morgan fingerprint density at radius 3 is 3.00 bits per heavy atom. The fourth-order valence-corrected chi connectivity index (χ4v) is 3.73. The number of esters is 1. The van der Waals surface area contributed by atoms with Gasteiger partial charge in [-0.15, -0.1) is 11.8 Å². The molecular weight excluding hydrogens is 246 g/mol. The number of hydrogen-bond acceptors (Lipinski definition) is 4. The summed E-state index contributed by atoms with van der Waals surface area (Å²) in [6, 6.07) is -0.199. The van der Waals surface area contributed by atoms with Gasteiger partial charge in [0.15, 0.2) is 0 Å². The molecule has 0 fully saturated rings. The summed E-state index contributed by atoms with van der Waals surface area (Å²) in [6.07, 6.45) is 3.29. The van der Waals surface area contributed by atoms with Crippen molar-refractivity contribution in [1.29, 1.82) is 0 Å². The Morgan fingerprint density at radius 2 is 2.33 bits per heavy atom. The smallest absolute Gasteiger partial charge is 0.329 e. The van der Waals surface area contributed by atoms with E-state index in [4.69, 9.17) is 4.74 Å². The highest BCUT2D eigenvalue weighted by molar-refractivity contribution is 8.03. The summed E-state index contributed by atoms with van der Waals surface area (Å²) in [5.41, 5.74) is 2.68. The highest BCUT2D eigenvalue weighted by Crippen LogP contribution is 2.42. The van der Waals surface area contributed by atoms with Gasteiger partial charge in [-0.05, 0) is 31.3 Å². The molecule has 1 unspecified atom stereocenters. The van der Waals surface area contributed by atoms with E-state index >= 15 is 0 Å². The summed E-state index contributed by atoms with van der Waals surface area (Å²) < 4.78 is 5.09. The average Bonchev–Trinajstić information content (AvgIpc) is 2.26. The Hall–Kier alpha value is -0.900. The van der Waals surface area contributed by atoms with Crippen LogP contribution in [0.2, 0.25) is 0 Å². The lowest BCUT2D eigenvalue weighted by Gasteiger charge is -2.36. The van der Waals surface area contributed by atoms with Crippen molar-refractivity contribution in [2.45, 2.75) is 40.2 Å².